The SMILES string of the molecule is Cc1cc(Cl)ccc1NCCC#N. The van der Waals surface area contributed by atoms with Gasteiger partial charge in [0.2, 0.25) is 0 Å². The Kier molecular flexibility index (Phi) is 3.60. The van der Waals surface area contributed by atoms with Gasteiger partial charge >= 0.3 is 0 Å². The summed E-state index contributed by atoms with van der Waals surface area (Å²) in [5.41, 5.74) is 2.14. The average Bonchev–Trinajstić information content (AvgIpc) is 2.09. The number of hydrogen-bond acceptors (Lipinski definition) is 2. The van der Waals surface area contributed by atoms with Crippen molar-refractivity contribution in [3.8, 4) is 6.07 Å². The summed E-state index contributed by atoms with van der Waals surface area (Å²) in [5.74, 6) is 0. The van der Waals surface area contributed by atoms with Crippen molar-refractivity contribution < 1.29 is 0 Å². The normalized spacial score (nSPS) is 9.31. The highest BCUT2D eigenvalue weighted by atomic mass is 35.5. The predicted molar refractivity (Wildman–Crippen MR) is 54.9 cm³/mol. The van der Waals surface area contributed by atoms with E-state index in [1.165, 1.54) is 0 Å². The fraction of sp³-hybridized carbons (Fsp3) is 0.300. The Morgan fingerprint density at radius 2 is 2.31 bits per heavy atom. The van der Waals surface area contributed by atoms with E-state index in [4.69, 9.17) is 16.9 Å². The molecule has 0 radical (unpaired) electrons. The van der Waals surface area contributed by atoms with E-state index in [0.29, 0.717) is 13.0 Å². The lowest BCUT2D eigenvalue weighted by atomic mass is 10.2. The van der Waals surface area contributed by atoms with E-state index >= 15 is 0 Å². The van der Waals surface area contributed by atoms with Gasteiger partial charge in [-0.3, -0.25) is 0 Å². The molecule has 68 valence electrons. The zero-order valence-corrected chi connectivity index (χ0v) is 8.23. The molecule has 0 aromatic heterocycles. The number of hydrogen-bond donors (Lipinski definition) is 1. The number of benzene rings is 1. The average molecular weight is 195 g/mol. The molecule has 2 nitrogen and oxygen atoms in total. The Hall–Kier alpha value is -1.20. The first-order chi connectivity index (χ1) is 6.24. The van der Waals surface area contributed by atoms with E-state index in [1.54, 1.807) is 0 Å². The molecule has 0 atom stereocenters. The largest absolute Gasteiger partial charge is 0.384 e. The summed E-state index contributed by atoms with van der Waals surface area (Å²) < 4.78 is 0. The fourth-order valence-electron chi connectivity index (χ4n) is 1.08. The highest BCUT2D eigenvalue weighted by Crippen LogP contribution is 2.19. The van der Waals surface area contributed by atoms with Crippen LogP contribution in [0.3, 0.4) is 0 Å². The van der Waals surface area contributed by atoms with Gasteiger partial charge in [0.1, 0.15) is 0 Å². The molecule has 0 saturated heterocycles. The maximum Gasteiger partial charge on any atom is 0.0640 e. The Balaban J connectivity index is 2.62. The minimum atomic E-state index is 0.516. The van der Waals surface area contributed by atoms with Crippen molar-refractivity contribution in [3.63, 3.8) is 0 Å². The van der Waals surface area contributed by atoms with E-state index in [-0.39, 0.29) is 0 Å². The van der Waals surface area contributed by atoms with Crippen LogP contribution in [0.15, 0.2) is 18.2 Å². The standard InChI is InChI=1S/C10H11ClN2/c1-8-7-9(11)3-4-10(8)13-6-2-5-12/h3-4,7,13H,2,6H2,1H3. The summed E-state index contributed by atoms with van der Waals surface area (Å²) in [6, 6.07) is 7.74. The van der Waals surface area contributed by atoms with Gasteiger partial charge in [-0.05, 0) is 30.7 Å². The molecule has 1 N–H and O–H groups in total. The van der Waals surface area contributed by atoms with Gasteiger partial charge < -0.3 is 5.32 Å². The minimum absolute atomic E-state index is 0.516. The number of rotatable bonds is 3. The first-order valence-electron chi connectivity index (χ1n) is 4.11. The number of nitrogens with one attached hydrogen (secondary N) is 1. The topological polar surface area (TPSA) is 35.8 Å². The van der Waals surface area contributed by atoms with Gasteiger partial charge in [-0.25, -0.2) is 0 Å². The lowest BCUT2D eigenvalue weighted by Crippen LogP contribution is -2.01. The first-order valence-corrected chi connectivity index (χ1v) is 4.49. The molecule has 0 saturated carbocycles. The quantitative estimate of drug-likeness (QED) is 0.751. The summed E-state index contributed by atoms with van der Waals surface area (Å²) in [6.45, 7) is 2.67. The lowest BCUT2D eigenvalue weighted by Gasteiger charge is -2.07. The van der Waals surface area contributed by atoms with Gasteiger partial charge in [-0.15, -0.1) is 0 Å². The summed E-state index contributed by atoms with van der Waals surface area (Å²) in [6.07, 6.45) is 0.516. The summed E-state index contributed by atoms with van der Waals surface area (Å²) in [4.78, 5) is 0. The van der Waals surface area contributed by atoms with E-state index < -0.39 is 0 Å². The molecule has 1 rings (SSSR count). The Bertz CT molecular complexity index is 328. The van der Waals surface area contributed by atoms with E-state index in [2.05, 4.69) is 11.4 Å². The predicted octanol–water partition coefficient (Wildman–Crippen LogP) is 2.97. The number of aryl methyl sites for hydroxylation is 1. The van der Waals surface area contributed by atoms with Crippen molar-refractivity contribution in [2.45, 2.75) is 13.3 Å². The van der Waals surface area contributed by atoms with Crippen LogP contribution in [0.5, 0.6) is 0 Å². The monoisotopic (exact) mass is 194 g/mol. The number of nitrogens with zero attached hydrogens (tertiary/aromatic N) is 1. The molecule has 1 aromatic rings. The molecule has 0 unspecified atom stereocenters. The minimum Gasteiger partial charge on any atom is -0.384 e. The Morgan fingerprint density at radius 3 is 2.92 bits per heavy atom. The molecule has 0 amide bonds. The third kappa shape index (κ3) is 2.96. The van der Waals surface area contributed by atoms with Gasteiger partial charge in [0, 0.05) is 17.3 Å². The molecular weight excluding hydrogens is 184 g/mol. The molecule has 0 heterocycles. The van der Waals surface area contributed by atoms with Gasteiger partial charge in [0.15, 0.2) is 0 Å². The van der Waals surface area contributed by atoms with Gasteiger partial charge in [-0.1, -0.05) is 11.6 Å². The second kappa shape index (κ2) is 4.74. The smallest absolute Gasteiger partial charge is 0.0640 e. The van der Waals surface area contributed by atoms with Crippen molar-refractivity contribution >= 4 is 17.3 Å². The highest BCUT2D eigenvalue weighted by Gasteiger charge is 1.97. The fourth-order valence-corrected chi connectivity index (χ4v) is 1.31. The van der Waals surface area contributed by atoms with Crippen LogP contribution >= 0.6 is 11.6 Å². The Morgan fingerprint density at radius 1 is 1.54 bits per heavy atom. The zero-order valence-electron chi connectivity index (χ0n) is 7.47. The van der Waals surface area contributed by atoms with Gasteiger partial charge in [0.25, 0.3) is 0 Å². The second-order valence-corrected chi connectivity index (χ2v) is 3.23. The molecule has 3 heteroatoms. The van der Waals surface area contributed by atoms with Crippen molar-refractivity contribution in [3.05, 3.63) is 28.8 Å². The van der Waals surface area contributed by atoms with Crippen molar-refractivity contribution in [2.24, 2.45) is 0 Å². The van der Waals surface area contributed by atoms with Crippen molar-refractivity contribution in [1.29, 1.82) is 5.26 Å². The van der Waals surface area contributed by atoms with Crippen LogP contribution < -0.4 is 5.32 Å². The molecular formula is C10H11ClN2. The van der Waals surface area contributed by atoms with E-state index in [1.807, 2.05) is 25.1 Å². The number of anilines is 1. The molecule has 0 spiro atoms. The number of halogens is 1. The van der Waals surface area contributed by atoms with Crippen LogP contribution in [-0.4, -0.2) is 6.54 Å². The van der Waals surface area contributed by atoms with Crippen molar-refractivity contribution in [2.75, 3.05) is 11.9 Å². The van der Waals surface area contributed by atoms with Crippen molar-refractivity contribution in [1.82, 2.24) is 0 Å². The van der Waals surface area contributed by atoms with Crippen LogP contribution in [-0.2, 0) is 0 Å². The van der Waals surface area contributed by atoms with E-state index in [0.717, 1.165) is 16.3 Å². The third-order valence-corrected chi connectivity index (χ3v) is 1.98. The summed E-state index contributed by atoms with van der Waals surface area (Å²) in [5, 5.41) is 12.2. The molecule has 1 aromatic carbocycles. The molecule has 0 aliphatic heterocycles. The number of nitriles is 1. The maximum atomic E-state index is 8.35. The summed E-state index contributed by atoms with van der Waals surface area (Å²) in [7, 11) is 0. The van der Waals surface area contributed by atoms with Crippen LogP contribution in [0.1, 0.15) is 12.0 Å². The molecule has 0 bridgehead atoms. The molecule has 0 aliphatic rings. The highest BCUT2D eigenvalue weighted by molar-refractivity contribution is 6.30. The van der Waals surface area contributed by atoms with Gasteiger partial charge in [0.05, 0.1) is 12.5 Å². The molecule has 0 fully saturated rings. The molecule has 0 aliphatic carbocycles. The first kappa shape index (κ1) is 9.88. The maximum absolute atomic E-state index is 8.35. The van der Waals surface area contributed by atoms with Crippen LogP contribution in [0.2, 0.25) is 5.02 Å². The van der Waals surface area contributed by atoms with Crippen LogP contribution in [0.4, 0.5) is 5.69 Å². The van der Waals surface area contributed by atoms with Gasteiger partial charge in [-0.2, -0.15) is 5.26 Å². The second-order valence-electron chi connectivity index (χ2n) is 2.79. The molecule has 13 heavy (non-hydrogen) atoms. The zero-order chi connectivity index (χ0) is 9.68. The van der Waals surface area contributed by atoms with E-state index in [9.17, 15) is 0 Å². The van der Waals surface area contributed by atoms with Crippen LogP contribution in [0, 0.1) is 18.3 Å². The third-order valence-electron chi connectivity index (χ3n) is 1.74. The lowest BCUT2D eigenvalue weighted by molar-refractivity contribution is 1.07. The van der Waals surface area contributed by atoms with Crippen LogP contribution in [0.25, 0.3) is 0 Å². The Labute approximate surface area is 83.1 Å². The summed E-state index contributed by atoms with van der Waals surface area (Å²) >= 11 is 5.80.